The first-order valence-electron chi connectivity index (χ1n) is 6.35. The van der Waals surface area contributed by atoms with E-state index >= 15 is 0 Å². The van der Waals surface area contributed by atoms with Gasteiger partial charge in [0.15, 0.2) is 0 Å². The van der Waals surface area contributed by atoms with Crippen molar-refractivity contribution in [2.45, 2.75) is 19.2 Å². The Morgan fingerprint density at radius 2 is 1.90 bits per heavy atom. The molecule has 0 radical (unpaired) electrons. The van der Waals surface area contributed by atoms with Crippen molar-refractivity contribution in [2.24, 2.45) is 0 Å². The molecule has 0 amide bonds. The van der Waals surface area contributed by atoms with E-state index in [0.717, 1.165) is 11.1 Å². The van der Waals surface area contributed by atoms with Crippen LogP contribution in [0.1, 0.15) is 29.0 Å². The Morgan fingerprint density at radius 1 is 1.15 bits per heavy atom. The van der Waals surface area contributed by atoms with Gasteiger partial charge in [0, 0.05) is 16.1 Å². The van der Waals surface area contributed by atoms with Crippen molar-refractivity contribution in [1.29, 1.82) is 0 Å². The number of hydrogen-bond donors (Lipinski definition) is 0. The van der Waals surface area contributed by atoms with E-state index in [1.165, 1.54) is 12.1 Å². The van der Waals surface area contributed by atoms with Gasteiger partial charge in [0.2, 0.25) is 0 Å². The standard InChI is InChI=1S/C16H15Cl2FO/c1-3-20-15-7-4-10(2)8-13(15)16(18)12-9-11(17)5-6-14(12)19/h4-9,16H,3H2,1-2H3. The van der Waals surface area contributed by atoms with Crippen molar-refractivity contribution in [3.8, 4) is 5.75 Å². The molecule has 0 saturated heterocycles. The minimum absolute atomic E-state index is 0.353. The summed E-state index contributed by atoms with van der Waals surface area (Å²) >= 11 is 12.4. The smallest absolute Gasteiger partial charge is 0.128 e. The van der Waals surface area contributed by atoms with Gasteiger partial charge in [0.25, 0.3) is 0 Å². The third-order valence-corrected chi connectivity index (χ3v) is 3.67. The van der Waals surface area contributed by atoms with Crippen molar-refractivity contribution >= 4 is 23.2 Å². The van der Waals surface area contributed by atoms with Crippen molar-refractivity contribution in [1.82, 2.24) is 0 Å². The molecule has 0 N–H and O–H groups in total. The van der Waals surface area contributed by atoms with E-state index in [-0.39, 0.29) is 5.82 Å². The molecular weight excluding hydrogens is 298 g/mol. The van der Waals surface area contributed by atoms with Crippen LogP contribution in [0, 0.1) is 12.7 Å². The molecule has 1 nitrogen and oxygen atoms in total. The second kappa shape index (κ2) is 6.47. The van der Waals surface area contributed by atoms with Crippen molar-refractivity contribution < 1.29 is 9.13 Å². The van der Waals surface area contributed by atoms with Crippen LogP contribution in [0.3, 0.4) is 0 Å². The van der Waals surface area contributed by atoms with Gasteiger partial charge < -0.3 is 4.74 Å². The zero-order valence-electron chi connectivity index (χ0n) is 11.3. The molecule has 0 aliphatic heterocycles. The van der Waals surface area contributed by atoms with E-state index in [1.54, 1.807) is 6.07 Å². The molecule has 0 saturated carbocycles. The highest BCUT2D eigenvalue weighted by molar-refractivity contribution is 6.31. The van der Waals surface area contributed by atoms with E-state index in [4.69, 9.17) is 27.9 Å². The first kappa shape index (κ1) is 15.1. The molecule has 0 aliphatic rings. The Kier molecular flexibility index (Phi) is 4.90. The van der Waals surface area contributed by atoms with E-state index in [0.29, 0.717) is 22.9 Å². The minimum Gasteiger partial charge on any atom is -0.494 e. The molecule has 20 heavy (non-hydrogen) atoms. The van der Waals surface area contributed by atoms with Crippen LogP contribution in [0.5, 0.6) is 5.75 Å². The van der Waals surface area contributed by atoms with Crippen LogP contribution in [0.2, 0.25) is 5.02 Å². The fraction of sp³-hybridized carbons (Fsp3) is 0.250. The number of halogens is 3. The molecule has 4 heteroatoms. The molecule has 0 aliphatic carbocycles. The lowest BCUT2D eigenvalue weighted by Crippen LogP contribution is -2.02. The summed E-state index contributed by atoms with van der Waals surface area (Å²) in [5.74, 6) is 0.288. The first-order valence-corrected chi connectivity index (χ1v) is 7.16. The van der Waals surface area contributed by atoms with Gasteiger partial charge in [-0.1, -0.05) is 29.3 Å². The van der Waals surface area contributed by atoms with E-state index in [9.17, 15) is 4.39 Å². The summed E-state index contributed by atoms with van der Waals surface area (Å²) in [6.07, 6.45) is 0. The fourth-order valence-corrected chi connectivity index (χ4v) is 2.55. The zero-order chi connectivity index (χ0) is 14.7. The monoisotopic (exact) mass is 312 g/mol. The molecule has 0 spiro atoms. The average molecular weight is 313 g/mol. The fourth-order valence-electron chi connectivity index (χ4n) is 2.03. The first-order chi connectivity index (χ1) is 9.52. The number of rotatable bonds is 4. The van der Waals surface area contributed by atoms with Crippen LogP contribution in [0.25, 0.3) is 0 Å². The highest BCUT2D eigenvalue weighted by atomic mass is 35.5. The summed E-state index contributed by atoms with van der Waals surface area (Å²) in [5.41, 5.74) is 2.14. The van der Waals surface area contributed by atoms with Gasteiger partial charge in [-0.15, -0.1) is 11.6 Å². The van der Waals surface area contributed by atoms with E-state index < -0.39 is 5.38 Å². The van der Waals surface area contributed by atoms with Gasteiger partial charge >= 0.3 is 0 Å². The van der Waals surface area contributed by atoms with Crippen LogP contribution in [-0.2, 0) is 0 Å². The quantitative estimate of drug-likeness (QED) is 0.676. The lowest BCUT2D eigenvalue weighted by molar-refractivity contribution is 0.336. The zero-order valence-corrected chi connectivity index (χ0v) is 12.8. The molecule has 2 aromatic rings. The van der Waals surface area contributed by atoms with Gasteiger partial charge in [-0.3, -0.25) is 0 Å². The summed E-state index contributed by atoms with van der Waals surface area (Å²) < 4.78 is 19.5. The number of ether oxygens (including phenoxy) is 1. The van der Waals surface area contributed by atoms with Crippen LogP contribution < -0.4 is 4.74 Å². The molecule has 2 rings (SSSR count). The summed E-state index contributed by atoms with van der Waals surface area (Å²) in [6.45, 7) is 4.38. The predicted octanol–water partition coefficient (Wildman–Crippen LogP) is 5.51. The Hall–Kier alpha value is -1.25. The van der Waals surface area contributed by atoms with E-state index in [1.807, 2.05) is 32.0 Å². The van der Waals surface area contributed by atoms with Gasteiger partial charge in [0.1, 0.15) is 11.6 Å². The normalized spacial score (nSPS) is 12.2. The second-order valence-electron chi connectivity index (χ2n) is 4.50. The maximum atomic E-state index is 13.9. The lowest BCUT2D eigenvalue weighted by Gasteiger charge is -2.17. The van der Waals surface area contributed by atoms with Crippen LogP contribution >= 0.6 is 23.2 Å². The van der Waals surface area contributed by atoms with Crippen molar-refractivity contribution in [3.63, 3.8) is 0 Å². The second-order valence-corrected chi connectivity index (χ2v) is 5.38. The van der Waals surface area contributed by atoms with Crippen LogP contribution in [0.15, 0.2) is 36.4 Å². The number of hydrogen-bond acceptors (Lipinski definition) is 1. The topological polar surface area (TPSA) is 9.23 Å². The Labute approximate surface area is 128 Å². The lowest BCUT2D eigenvalue weighted by atomic mass is 10.0. The number of benzene rings is 2. The number of aryl methyl sites for hydroxylation is 1. The summed E-state index contributed by atoms with van der Waals surface area (Å²) in [6, 6.07) is 10.1. The summed E-state index contributed by atoms with van der Waals surface area (Å²) in [5, 5.41) is -0.187. The highest BCUT2D eigenvalue weighted by Gasteiger charge is 2.20. The van der Waals surface area contributed by atoms with Crippen molar-refractivity contribution in [3.05, 3.63) is 63.9 Å². The molecule has 0 heterocycles. The predicted molar refractivity (Wildman–Crippen MR) is 81.5 cm³/mol. The molecule has 0 fully saturated rings. The van der Waals surface area contributed by atoms with Gasteiger partial charge in [0.05, 0.1) is 12.0 Å². The Bertz CT molecular complexity index is 613. The third kappa shape index (κ3) is 3.25. The van der Waals surface area contributed by atoms with E-state index in [2.05, 4.69) is 0 Å². The maximum Gasteiger partial charge on any atom is 0.128 e. The highest BCUT2D eigenvalue weighted by Crippen LogP contribution is 2.37. The molecule has 1 atom stereocenters. The molecular formula is C16H15Cl2FO. The Morgan fingerprint density at radius 3 is 2.60 bits per heavy atom. The average Bonchev–Trinajstić information content (AvgIpc) is 2.43. The van der Waals surface area contributed by atoms with Gasteiger partial charge in [-0.05, 0) is 38.1 Å². The largest absolute Gasteiger partial charge is 0.494 e. The SMILES string of the molecule is CCOc1ccc(C)cc1C(Cl)c1cc(Cl)ccc1F. The Balaban J connectivity index is 2.49. The molecule has 2 aromatic carbocycles. The molecule has 106 valence electrons. The minimum atomic E-state index is -0.643. The van der Waals surface area contributed by atoms with Gasteiger partial charge in [-0.2, -0.15) is 0 Å². The third-order valence-electron chi connectivity index (χ3n) is 2.97. The number of alkyl halides is 1. The molecule has 1 unspecified atom stereocenters. The molecule has 0 bridgehead atoms. The van der Waals surface area contributed by atoms with Gasteiger partial charge in [-0.25, -0.2) is 4.39 Å². The molecule has 0 aromatic heterocycles. The van der Waals surface area contributed by atoms with Crippen molar-refractivity contribution in [2.75, 3.05) is 6.61 Å². The summed E-state index contributed by atoms with van der Waals surface area (Å²) in [4.78, 5) is 0. The van der Waals surface area contributed by atoms with Crippen LogP contribution in [-0.4, -0.2) is 6.61 Å². The maximum absolute atomic E-state index is 13.9. The summed E-state index contributed by atoms with van der Waals surface area (Å²) in [7, 11) is 0. The van der Waals surface area contributed by atoms with Crippen LogP contribution in [0.4, 0.5) is 4.39 Å².